The summed E-state index contributed by atoms with van der Waals surface area (Å²) < 4.78 is 54.5. The number of hydrogen-bond acceptors (Lipinski definition) is 5. The first-order valence-corrected chi connectivity index (χ1v) is 8.23. The molecule has 0 fully saturated rings. The minimum atomic E-state index is -4.68. The maximum absolute atomic E-state index is 13.9. The highest BCUT2D eigenvalue weighted by Gasteiger charge is 2.33. The Morgan fingerprint density at radius 2 is 1.86 bits per heavy atom. The molecule has 0 radical (unpaired) electrons. The molecule has 0 aliphatic rings. The molecular weight excluding hydrogens is 400 g/mol. The van der Waals surface area contributed by atoms with Crippen LogP contribution in [0.3, 0.4) is 0 Å². The fourth-order valence-electron chi connectivity index (χ4n) is 2.36. The number of anilines is 1. The van der Waals surface area contributed by atoms with Gasteiger partial charge in [0.2, 0.25) is 11.9 Å². The van der Waals surface area contributed by atoms with E-state index in [0.29, 0.717) is 16.3 Å². The third kappa shape index (κ3) is 4.28. The second kappa shape index (κ2) is 7.55. The Hall–Kier alpha value is -3.01. The Morgan fingerprint density at radius 1 is 1.18 bits per heavy atom. The van der Waals surface area contributed by atoms with Gasteiger partial charge >= 0.3 is 6.18 Å². The number of hydrazone groups is 1. The lowest BCUT2D eigenvalue weighted by atomic mass is 10.1. The fourth-order valence-corrected chi connectivity index (χ4v) is 2.48. The van der Waals surface area contributed by atoms with Crippen molar-refractivity contribution in [3.63, 3.8) is 0 Å². The van der Waals surface area contributed by atoms with Crippen molar-refractivity contribution in [1.29, 1.82) is 0 Å². The molecule has 3 aromatic rings. The molecule has 1 aromatic carbocycles. The van der Waals surface area contributed by atoms with Gasteiger partial charge in [-0.25, -0.2) is 20.1 Å². The average molecular weight is 413 g/mol. The van der Waals surface area contributed by atoms with Gasteiger partial charge in [0.05, 0.1) is 23.2 Å². The SMILES string of the molecule is Cc1nn(C)c(F)c1/C=N/Nc1nc(-c2ccc(Cl)cc2)cc(C(F)(F)F)n1. The largest absolute Gasteiger partial charge is 0.433 e. The van der Waals surface area contributed by atoms with Gasteiger partial charge in [-0.15, -0.1) is 0 Å². The summed E-state index contributed by atoms with van der Waals surface area (Å²) in [5.41, 5.74) is 2.08. The van der Waals surface area contributed by atoms with Gasteiger partial charge < -0.3 is 0 Å². The lowest BCUT2D eigenvalue weighted by Crippen LogP contribution is -2.11. The van der Waals surface area contributed by atoms with E-state index < -0.39 is 23.8 Å². The Labute approximate surface area is 161 Å². The second-order valence-corrected chi connectivity index (χ2v) is 6.19. The predicted molar refractivity (Wildman–Crippen MR) is 96.6 cm³/mol. The summed E-state index contributed by atoms with van der Waals surface area (Å²) in [6.45, 7) is 1.57. The van der Waals surface area contributed by atoms with E-state index in [1.165, 1.54) is 31.3 Å². The Morgan fingerprint density at radius 3 is 2.43 bits per heavy atom. The molecule has 0 saturated carbocycles. The first kappa shape index (κ1) is 19.7. The van der Waals surface area contributed by atoms with Crippen LogP contribution in [-0.2, 0) is 13.2 Å². The minimum Gasteiger partial charge on any atom is -0.245 e. The molecule has 0 amide bonds. The maximum Gasteiger partial charge on any atom is 0.433 e. The molecule has 11 heteroatoms. The van der Waals surface area contributed by atoms with Crippen LogP contribution in [0.5, 0.6) is 0 Å². The molecule has 0 unspecified atom stereocenters. The Bertz CT molecular complexity index is 1030. The smallest absolute Gasteiger partial charge is 0.245 e. The van der Waals surface area contributed by atoms with Gasteiger partial charge in [0.1, 0.15) is 0 Å². The fraction of sp³-hybridized carbons (Fsp3) is 0.176. The molecule has 146 valence electrons. The van der Waals surface area contributed by atoms with Crippen LogP contribution in [0.2, 0.25) is 5.02 Å². The summed E-state index contributed by atoms with van der Waals surface area (Å²) in [6, 6.07) is 6.96. The molecule has 0 spiro atoms. The molecule has 0 atom stereocenters. The van der Waals surface area contributed by atoms with Crippen molar-refractivity contribution in [2.24, 2.45) is 12.1 Å². The number of aryl methyl sites for hydroxylation is 2. The van der Waals surface area contributed by atoms with Crippen molar-refractivity contribution >= 4 is 23.8 Å². The highest BCUT2D eigenvalue weighted by molar-refractivity contribution is 6.30. The normalized spacial score (nSPS) is 12.0. The molecule has 3 rings (SSSR count). The van der Waals surface area contributed by atoms with Gasteiger partial charge in [-0.3, -0.25) is 0 Å². The van der Waals surface area contributed by atoms with E-state index in [-0.39, 0.29) is 11.3 Å². The van der Waals surface area contributed by atoms with Crippen molar-refractivity contribution < 1.29 is 17.6 Å². The highest BCUT2D eigenvalue weighted by Crippen LogP contribution is 2.31. The quantitative estimate of drug-likeness (QED) is 0.391. The number of aromatic nitrogens is 4. The van der Waals surface area contributed by atoms with Crippen LogP contribution in [0.15, 0.2) is 35.4 Å². The van der Waals surface area contributed by atoms with Crippen LogP contribution >= 0.6 is 11.6 Å². The third-order valence-corrected chi connectivity index (χ3v) is 3.96. The van der Waals surface area contributed by atoms with Gasteiger partial charge in [0.25, 0.3) is 0 Å². The zero-order valence-electron chi connectivity index (χ0n) is 14.6. The molecule has 0 aliphatic carbocycles. The Kier molecular flexibility index (Phi) is 5.32. The molecular formula is C17H13ClF4N6. The topological polar surface area (TPSA) is 68.0 Å². The third-order valence-electron chi connectivity index (χ3n) is 3.71. The van der Waals surface area contributed by atoms with Crippen molar-refractivity contribution in [1.82, 2.24) is 19.7 Å². The van der Waals surface area contributed by atoms with Crippen molar-refractivity contribution in [3.8, 4) is 11.3 Å². The van der Waals surface area contributed by atoms with Crippen LogP contribution in [0, 0.1) is 12.9 Å². The number of nitrogens with one attached hydrogen (secondary N) is 1. The van der Waals surface area contributed by atoms with Gasteiger partial charge in [-0.2, -0.15) is 27.8 Å². The van der Waals surface area contributed by atoms with Crippen molar-refractivity contribution in [2.45, 2.75) is 13.1 Å². The molecule has 0 bridgehead atoms. The summed E-state index contributed by atoms with van der Waals surface area (Å²) in [7, 11) is 1.42. The number of rotatable bonds is 4. The number of hydrogen-bond donors (Lipinski definition) is 1. The predicted octanol–water partition coefficient (Wildman–Crippen LogP) is 4.44. The van der Waals surface area contributed by atoms with E-state index in [9.17, 15) is 17.6 Å². The number of nitrogens with zero attached hydrogens (tertiary/aromatic N) is 5. The zero-order valence-corrected chi connectivity index (χ0v) is 15.3. The standard InChI is InChI=1S/C17H13ClF4N6/c1-9-12(15(19)28(2)27-9)8-23-26-16-24-13(7-14(25-16)17(20,21)22)10-3-5-11(18)6-4-10/h3-8H,1-2H3,(H,24,25,26)/b23-8+. The summed E-state index contributed by atoms with van der Waals surface area (Å²) in [5.74, 6) is -1.02. The number of benzene rings is 1. The molecule has 0 aliphatic heterocycles. The van der Waals surface area contributed by atoms with Crippen LogP contribution in [0.25, 0.3) is 11.3 Å². The summed E-state index contributed by atoms with van der Waals surface area (Å²) in [4.78, 5) is 7.46. The monoisotopic (exact) mass is 412 g/mol. The van der Waals surface area contributed by atoms with E-state index >= 15 is 0 Å². The van der Waals surface area contributed by atoms with Gasteiger partial charge in [-0.05, 0) is 25.1 Å². The van der Waals surface area contributed by atoms with Crippen LogP contribution < -0.4 is 5.43 Å². The van der Waals surface area contributed by atoms with Gasteiger partial charge in [0, 0.05) is 17.6 Å². The van der Waals surface area contributed by atoms with Gasteiger partial charge in [-0.1, -0.05) is 23.7 Å². The lowest BCUT2D eigenvalue weighted by Gasteiger charge is -2.10. The molecule has 0 saturated heterocycles. The lowest BCUT2D eigenvalue weighted by molar-refractivity contribution is -0.141. The maximum atomic E-state index is 13.9. The first-order valence-electron chi connectivity index (χ1n) is 7.85. The molecule has 2 aromatic heterocycles. The van der Waals surface area contributed by atoms with Crippen molar-refractivity contribution in [2.75, 3.05) is 5.43 Å². The molecule has 1 N–H and O–H groups in total. The van der Waals surface area contributed by atoms with E-state index in [4.69, 9.17) is 11.6 Å². The van der Waals surface area contributed by atoms with Crippen LogP contribution in [0.1, 0.15) is 17.0 Å². The van der Waals surface area contributed by atoms with Crippen molar-refractivity contribution in [3.05, 3.63) is 58.3 Å². The number of alkyl halides is 3. The van der Waals surface area contributed by atoms with Gasteiger partial charge in [0.15, 0.2) is 5.69 Å². The number of halogens is 5. The summed E-state index contributed by atoms with van der Waals surface area (Å²) >= 11 is 5.81. The Balaban J connectivity index is 1.94. The molecule has 6 nitrogen and oxygen atoms in total. The van der Waals surface area contributed by atoms with Crippen LogP contribution in [0.4, 0.5) is 23.5 Å². The van der Waals surface area contributed by atoms with E-state index in [1.54, 1.807) is 6.92 Å². The van der Waals surface area contributed by atoms with E-state index in [1.807, 2.05) is 0 Å². The highest BCUT2D eigenvalue weighted by atomic mass is 35.5. The average Bonchev–Trinajstić information content (AvgIpc) is 2.87. The van der Waals surface area contributed by atoms with E-state index in [2.05, 4.69) is 25.6 Å². The van der Waals surface area contributed by atoms with E-state index in [0.717, 1.165) is 17.0 Å². The second-order valence-electron chi connectivity index (χ2n) is 5.75. The zero-order chi connectivity index (χ0) is 20.5. The first-order chi connectivity index (χ1) is 13.1. The summed E-state index contributed by atoms with van der Waals surface area (Å²) in [5, 5.41) is 8.05. The van der Waals surface area contributed by atoms with Crippen LogP contribution in [-0.4, -0.2) is 26.0 Å². The molecule has 2 heterocycles. The minimum absolute atomic E-state index is 0.0282. The summed E-state index contributed by atoms with van der Waals surface area (Å²) in [6.07, 6.45) is -3.58. The molecule has 28 heavy (non-hydrogen) atoms.